The van der Waals surface area contributed by atoms with Gasteiger partial charge in [-0.1, -0.05) is 116 Å². The van der Waals surface area contributed by atoms with Crippen LogP contribution < -0.4 is 9.47 Å². The Morgan fingerprint density at radius 1 is 0.852 bits per heavy atom. The quantitative estimate of drug-likeness (QED) is 0.0371. The zero-order chi connectivity index (χ0) is 44.4. The lowest BCUT2D eigenvalue weighted by Gasteiger charge is -2.43. The molecule has 2 aliphatic rings. The predicted octanol–water partition coefficient (Wildman–Crippen LogP) is 10.6. The Balaban J connectivity index is 1.65. The van der Waals surface area contributed by atoms with Gasteiger partial charge in [0, 0.05) is 39.2 Å². The van der Waals surface area contributed by atoms with Crippen molar-refractivity contribution in [3.8, 4) is 11.5 Å². The maximum absolute atomic E-state index is 15.7. The number of epoxide rings is 1. The fraction of sp³-hybridized carbons (Fsp3) is 0.612. The Bertz CT molecular complexity index is 1760. The SMILES string of the molecule is CCC[C@@H](C(=O)c1cc([C@H](OC)C(C)C)c(OCOC)c(CO[Si](C)(C)C(C)(C)C)c1OCOC)[C@@H]1C[C@H](OCc2ccccc2)[C@]2(O[C@@H]2CC)[C@@H](OCc2ccccc2)O1. The first kappa shape index (κ1) is 48.9. The minimum atomic E-state index is -2.32. The van der Waals surface area contributed by atoms with E-state index >= 15 is 4.79 Å². The number of hydrogen-bond acceptors (Lipinski definition) is 11. The molecule has 5 rings (SSSR count). The number of carbonyl (C=O) groups excluding carboxylic acids is 1. The Labute approximate surface area is 366 Å². The van der Waals surface area contributed by atoms with E-state index in [1.54, 1.807) is 21.3 Å². The van der Waals surface area contributed by atoms with Gasteiger partial charge in [-0.25, -0.2) is 0 Å². The molecule has 1 spiro atoms. The second-order valence-electron chi connectivity index (χ2n) is 18.2. The van der Waals surface area contributed by atoms with Gasteiger partial charge in [-0.05, 0) is 54.1 Å². The lowest BCUT2D eigenvalue weighted by Crippen LogP contribution is -2.56. The lowest BCUT2D eigenvalue weighted by molar-refractivity contribution is -0.271. The second kappa shape index (κ2) is 21.9. The van der Waals surface area contributed by atoms with Crippen molar-refractivity contribution < 1.29 is 51.9 Å². The summed E-state index contributed by atoms with van der Waals surface area (Å²) in [6, 6.07) is 22.0. The molecular weight excluding hydrogens is 793 g/mol. The van der Waals surface area contributed by atoms with Crippen LogP contribution in [0.5, 0.6) is 11.5 Å². The van der Waals surface area contributed by atoms with Crippen molar-refractivity contribution in [2.45, 2.75) is 148 Å². The van der Waals surface area contributed by atoms with Crippen molar-refractivity contribution in [3.05, 3.63) is 94.5 Å². The largest absolute Gasteiger partial charge is 0.467 e. The minimum Gasteiger partial charge on any atom is -0.467 e. The Kier molecular flexibility index (Phi) is 17.6. The zero-order valence-electron chi connectivity index (χ0n) is 38.7. The fourth-order valence-electron chi connectivity index (χ4n) is 8.16. The summed E-state index contributed by atoms with van der Waals surface area (Å²) in [4.78, 5) is 15.7. The molecule has 338 valence electrons. The molecule has 61 heavy (non-hydrogen) atoms. The van der Waals surface area contributed by atoms with Crippen molar-refractivity contribution in [1.82, 2.24) is 0 Å². The normalized spacial score (nSPS) is 22.6. The van der Waals surface area contributed by atoms with Gasteiger partial charge in [0.2, 0.25) is 0 Å². The molecule has 2 heterocycles. The van der Waals surface area contributed by atoms with Gasteiger partial charge >= 0.3 is 0 Å². The highest BCUT2D eigenvalue weighted by Gasteiger charge is 2.70. The molecule has 0 N–H and O–H groups in total. The molecule has 0 radical (unpaired) electrons. The van der Waals surface area contributed by atoms with Crippen molar-refractivity contribution in [2.24, 2.45) is 11.8 Å². The van der Waals surface area contributed by atoms with Gasteiger partial charge in [0.1, 0.15) is 11.5 Å². The van der Waals surface area contributed by atoms with Crippen molar-refractivity contribution in [1.29, 1.82) is 0 Å². The van der Waals surface area contributed by atoms with Gasteiger partial charge in [-0.3, -0.25) is 4.79 Å². The van der Waals surface area contributed by atoms with Crippen LogP contribution in [0, 0.1) is 11.8 Å². The number of methoxy groups -OCH3 is 3. The van der Waals surface area contributed by atoms with Crippen LogP contribution >= 0.6 is 0 Å². The first-order valence-electron chi connectivity index (χ1n) is 22.0. The molecule has 0 bridgehead atoms. The van der Waals surface area contributed by atoms with Crippen LogP contribution in [0.2, 0.25) is 18.1 Å². The third kappa shape index (κ3) is 11.5. The summed E-state index contributed by atoms with van der Waals surface area (Å²) < 4.78 is 64.0. The van der Waals surface area contributed by atoms with Crippen LogP contribution in [0.4, 0.5) is 0 Å². The molecule has 0 saturated carbocycles. The molecule has 0 amide bonds. The Morgan fingerprint density at radius 2 is 1.44 bits per heavy atom. The highest BCUT2D eigenvalue weighted by Crippen LogP contribution is 2.54. The molecule has 2 saturated heterocycles. The summed E-state index contributed by atoms with van der Waals surface area (Å²) in [6.07, 6.45) is 0.110. The van der Waals surface area contributed by atoms with Gasteiger partial charge in [-0.2, -0.15) is 0 Å². The number of ketones is 1. The van der Waals surface area contributed by atoms with Gasteiger partial charge in [0.05, 0.1) is 55.4 Å². The van der Waals surface area contributed by atoms with Crippen LogP contribution in [0.25, 0.3) is 0 Å². The van der Waals surface area contributed by atoms with Crippen LogP contribution in [0.15, 0.2) is 66.7 Å². The third-order valence-corrected chi connectivity index (χ3v) is 17.0. The summed E-state index contributed by atoms with van der Waals surface area (Å²) >= 11 is 0. The number of ether oxygens (including phenoxy) is 9. The van der Waals surface area contributed by atoms with E-state index in [0.29, 0.717) is 54.2 Å². The first-order valence-corrected chi connectivity index (χ1v) is 24.9. The van der Waals surface area contributed by atoms with Crippen LogP contribution in [-0.2, 0) is 57.4 Å². The average Bonchev–Trinajstić information content (AvgIpc) is 3.97. The summed E-state index contributed by atoms with van der Waals surface area (Å²) in [7, 11) is 2.49. The Morgan fingerprint density at radius 3 is 1.95 bits per heavy atom. The molecule has 12 heteroatoms. The van der Waals surface area contributed by atoms with Gasteiger partial charge < -0.3 is 47.1 Å². The highest BCUT2D eigenvalue weighted by atomic mass is 28.4. The maximum atomic E-state index is 15.7. The first-order chi connectivity index (χ1) is 29.2. The molecule has 11 nitrogen and oxygen atoms in total. The second-order valence-corrected chi connectivity index (χ2v) is 23.0. The number of rotatable bonds is 24. The van der Waals surface area contributed by atoms with E-state index in [0.717, 1.165) is 24.0 Å². The molecule has 0 unspecified atom stereocenters. The molecule has 2 aliphatic heterocycles. The summed E-state index contributed by atoms with van der Waals surface area (Å²) in [5.41, 5.74) is 2.92. The van der Waals surface area contributed by atoms with Crippen molar-refractivity contribution in [3.63, 3.8) is 0 Å². The topological polar surface area (TPSA) is 113 Å². The molecule has 3 aromatic rings. The van der Waals surface area contributed by atoms with E-state index in [-0.39, 0.29) is 43.0 Å². The van der Waals surface area contributed by atoms with Gasteiger partial charge in [0.25, 0.3) is 0 Å². The van der Waals surface area contributed by atoms with E-state index < -0.39 is 44.4 Å². The standard InChI is InChI=1S/C49H72O11Si/c1-13-21-36(40-27-42(54-28-34-22-17-15-18-23-34)49(41(14-2)60-49)47(59-40)55-29-35-24-19-16-20-25-35)43(50)37-26-38(44(53-10)33(3)4)46(57-32-52-9)39(45(37)56-31-51-8)30-58-61(11,12)48(5,6)7/h15-20,22-26,33,36,40-42,44,47H,13-14,21,27-32H2,1-12H3/t36-,40+,41-,42+,44-,47+,49+/m1/s1. The molecule has 3 aromatic carbocycles. The van der Waals surface area contributed by atoms with Crippen molar-refractivity contribution >= 4 is 14.1 Å². The van der Waals surface area contributed by atoms with E-state index in [1.165, 1.54) is 0 Å². The van der Waals surface area contributed by atoms with E-state index in [4.69, 9.17) is 47.1 Å². The average molecular weight is 865 g/mol. The summed E-state index contributed by atoms with van der Waals surface area (Å²) in [6.45, 7) is 20.0. The molecular formula is C49H72O11Si. The van der Waals surface area contributed by atoms with Gasteiger partial charge in [-0.15, -0.1) is 0 Å². The fourth-order valence-corrected chi connectivity index (χ4v) is 9.10. The van der Waals surface area contributed by atoms with E-state index in [2.05, 4.69) is 73.7 Å². The van der Waals surface area contributed by atoms with Crippen LogP contribution in [-0.4, -0.2) is 79.2 Å². The van der Waals surface area contributed by atoms with E-state index in [9.17, 15) is 0 Å². The maximum Gasteiger partial charge on any atom is 0.192 e. The zero-order valence-corrected chi connectivity index (χ0v) is 39.7. The monoisotopic (exact) mass is 864 g/mol. The molecule has 7 atom stereocenters. The predicted molar refractivity (Wildman–Crippen MR) is 238 cm³/mol. The third-order valence-electron chi connectivity index (χ3n) is 12.5. The summed E-state index contributed by atoms with van der Waals surface area (Å²) in [5, 5.41) is -0.0838. The molecule has 0 aromatic heterocycles. The summed E-state index contributed by atoms with van der Waals surface area (Å²) in [5.74, 6) is 0.138. The lowest BCUT2D eigenvalue weighted by atomic mass is 9.79. The molecule has 2 fully saturated rings. The van der Waals surface area contributed by atoms with Crippen LogP contribution in [0.1, 0.15) is 113 Å². The number of Topliss-reactive ketones (excluding diaryl/α,β-unsaturated/α-hetero) is 1. The van der Waals surface area contributed by atoms with Crippen LogP contribution in [0.3, 0.4) is 0 Å². The van der Waals surface area contributed by atoms with Crippen molar-refractivity contribution in [2.75, 3.05) is 34.9 Å². The minimum absolute atomic E-state index is 0.0251. The van der Waals surface area contributed by atoms with E-state index in [1.807, 2.05) is 54.6 Å². The number of benzene rings is 3. The smallest absolute Gasteiger partial charge is 0.192 e. The highest BCUT2D eigenvalue weighted by molar-refractivity contribution is 6.74. The van der Waals surface area contributed by atoms with Gasteiger partial charge in [0.15, 0.2) is 39.6 Å². The molecule has 0 aliphatic carbocycles. The number of hydrogen-bond donors (Lipinski definition) is 0. The number of carbonyl (C=O) groups is 1. The Hall–Kier alpha value is -3.17.